The zero-order chi connectivity index (χ0) is 13.1. The molecule has 0 saturated heterocycles. The van der Waals surface area contributed by atoms with Crippen molar-refractivity contribution < 1.29 is 9.26 Å². The lowest BCUT2D eigenvalue weighted by atomic mass is 10.0. The van der Waals surface area contributed by atoms with Gasteiger partial charge in [-0.25, -0.2) is 0 Å². The van der Waals surface area contributed by atoms with E-state index in [1.807, 2.05) is 13.0 Å². The van der Waals surface area contributed by atoms with E-state index in [4.69, 9.17) is 9.26 Å². The van der Waals surface area contributed by atoms with Crippen LogP contribution in [0.3, 0.4) is 0 Å². The third-order valence-corrected chi connectivity index (χ3v) is 3.19. The Morgan fingerprint density at radius 2 is 2.37 bits per heavy atom. The normalized spacial score (nSPS) is 13.9. The molecular weight excluding hydrogens is 242 g/mol. The minimum Gasteiger partial charge on any atom is -0.385 e. The second kappa shape index (κ2) is 5.40. The average Bonchev–Trinajstić information content (AvgIpc) is 2.93. The molecule has 0 unspecified atom stereocenters. The first kappa shape index (κ1) is 12.2. The number of benzene rings is 1. The fraction of sp³-hybridized carbons (Fsp3) is 0.429. The van der Waals surface area contributed by atoms with E-state index in [-0.39, 0.29) is 0 Å². The quantitative estimate of drug-likeness (QED) is 0.914. The second-order valence-electron chi connectivity index (χ2n) is 4.56. The summed E-state index contributed by atoms with van der Waals surface area (Å²) in [5.74, 6) is 1.15. The van der Waals surface area contributed by atoms with Crippen molar-refractivity contribution in [2.45, 2.75) is 26.4 Å². The summed E-state index contributed by atoms with van der Waals surface area (Å²) in [6.45, 7) is 4.03. The molecule has 0 atom stereocenters. The molecule has 0 fully saturated rings. The van der Waals surface area contributed by atoms with Gasteiger partial charge in [-0.05, 0) is 43.5 Å². The first-order valence-corrected chi connectivity index (χ1v) is 6.64. The molecule has 2 aromatic rings. The number of aryl methyl sites for hydroxylation is 1. The Morgan fingerprint density at radius 1 is 1.42 bits per heavy atom. The number of nitrogens with one attached hydrogen (secondary N) is 1. The number of ether oxygens (including phenoxy) is 1. The number of aromatic nitrogens is 2. The Hall–Kier alpha value is -1.88. The Bertz CT molecular complexity index is 566. The lowest BCUT2D eigenvalue weighted by Gasteiger charge is -2.17. The van der Waals surface area contributed by atoms with Crippen LogP contribution in [0.15, 0.2) is 22.7 Å². The maximum absolute atomic E-state index is 5.28. The fourth-order valence-corrected chi connectivity index (χ4v) is 2.23. The van der Waals surface area contributed by atoms with Crippen molar-refractivity contribution in [2.24, 2.45) is 0 Å². The second-order valence-corrected chi connectivity index (χ2v) is 4.56. The van der Waals surface area contributed by atoms with Gasteiger partial charge in [-0.3, -0.25) is 0 Å². The Morgan fingerprint density at radius 3 is 3.26 bits per heavy atom. The zero-order valence-corrected chi connectivity index (χ0v) is 11.0. The van der Waals surface area contributed by atoms with Gasteiger partial charge in [0, 0.05) is 24.4 Å². The molecule has 5 nitrogen and oxygen atoms in total. The maximum Gasteiger partial charge on any atom is 0.258 e. The van der Waals surface area contributed by atoms with Gasteiger partial charge < -0.3 is 14.6 Å². The summed E-state index contributed by atoms with van der Waals surface area (Å²) >= 11 is 0. The number of rotatable bonds is 4. The summed E-state index contributed by atoms with van der Waals surface area (Å²) in [6, 6.07) is 6.21. The Balaban J connectivity index is 1.83. The lowest BCUT2D eigenvalue weighted by molar-refractivity contribution is 0.126. The Labute approximate surface area is 112 Å². The molecular formula is C14H17N3O2. The van der Waals surface area contributed by atoms with Crippen LogP contribution in [0.1, 0.15) is 24.7 Å². The monoisotopic (exact) mass is 259 g/mol. The standard InChI is InChI=1S/C14H17N3O2/c1-2-18-9-13-16-14(19-17-13)11-5-6-12-10(8-11)4-3-7-15-12/h5-6,8,15H,2-4,7,9H2,1H3. The van der Waals surface area contributed by atoms with Crippen molar-refractivity contribution >= 4 is 5.69 Å². The highest BCUT2D eigenvalue weighted by molar-refractivity contribution is 5.63. The van der Waals surface area contributed by atoms with Gasteiger partial charge in [0.2, 0.25) is 0 Å². The van der Waals surface area contributed by atoms with Crippen LogP contribution in [0.5, 0.6) is 0 Å². The third kappa shape index (κ3) is 2.61. The molecule has 0 saturated carbocycles. The van der Waals surface area contributed by atoms with E-state index in [9.17, 15) is 0 Å². The molecule has 2 heterocycles. The van der Waals surface area contributed by atoms with Crippen molar-refractivity contribution in [2.75, 3.05) is 18.5 Å². The van der Waals surface area contributed by atoms with Gasteiger partial charge in [0.15, 0.2) is 5.82 Å². The van der Waals surface area contributed by atoms with Crippen LogP contribution in [-0.2, 0) is 17.8 Å². The Kier molecular flexibility index (Phi) is 3.46. The molecule has 0 amide bonds. The molecule has 0 bridgehead atoms. The van der Waals surface area contributed by atoms with Gasteiger partial charge in [-0.1, -0.05) is 5.16 Å². The largest absolute Gasteiger partial charge is 0.385 e. The van der Waals surface area contributed by atoms with Crippen molar-refractivity contribution in [1.29, 1.82) is 0 Å². The molecule has 1 aliphatic rings. The lowest BCUT2D eigenvalue weighted by Crippen LogP contribution is -2.11. The average molecular weight is 259 g/mol. The van der Waals surface area contributed by atoms with Crippen molar-refractivity contribution in [1.82, 2.24) is 10.1 Å². The molecule has 5 heteroatoms. The van der Waals surface area contributed by atoms with E-state index in [2.05, 4.69) is 27.6 Å². The highest BCUT2D eigenvalue weighted by Crippen LogP contribution is 2.27. The summed E-state index contributed by atoms with van der Waals surface area (Å²) in [5, 5.41) is 7.30. The van der Waals surface area contributed by atoms with Crippen LogP contribution in [-0.4, -0.2) is 23.3 Å². The van der Waals surface area contributed by atoms with Crippen molar-refractivity contribution in [3.63, 3.8) is 0 Å². The van der Waals surface area contributed by atoms with E-state index in [0.29, 0.717) is 24.9 Å². The molecule has 1 aliphatic heterocycles. The van der Waals surface area contributed by atoms with Crippen LogP contribution >= 0.6 is 0 Å². The topological polar surface area (TPSA) is 60.2 Å². The molecule has 19 heavy (non-hydrogen) atoms. The van der Waals surface area contributed by atoms with Crippen molar-refractivity contribution in [3.05, 3.63) is 29.6 Å². The summed E-state index contributed by atoms with van der Waals surface area (Å²) in [6.07, 6.45) is 2.26. The maximum atomic E-state index is 5.28. The first-order chi connectivity index (χ1) is 9.36. The van der Waals surface area contributed by atoms with Crippen LogP contribution in [0, 0.1) is 0 Å². The highest BCUT2D eigenvalue weighted by Gasteiger charge is 2.13. The summed E-state index contributed by atoms with van der Waals surface area (Å²) < 4.78 is 10.5. The highest BCUT2D eigenvalue weighted by atomic mass is 16.5. The molecule has 1 N–H and O–H groups in total. The number of hydrogen-bond acceptors (Lipinski definition) is 5. The fourth-order valence-electron chi connectivity index (χ4n) is 2.23. The predicted molar refractivity (Wildman–Crippen MR) is 71.9 cm³/mol. The van der Waals surface area contributed by atoms with E-state index in [1.165, 1.54) is 11.3 Å². The number of fused-ring (bicyclic) bond motifs is 1. The first-order valence-electron chi connectivity index (χ1n) is 6.64. The molecule has 0 spiro atoms. The summed E-state index contributed by atoms with van der Waals surface area (Å²) in [5.41, 5.74) is 3.50. The minimum atomic E-state index is 0.395. The molecule has 0 aliphatic carbocycles. The number of nitrogens with zero attached hydrogens (tertiary/aromatic N) is 2. The smallest absolute Gasteiger partial charge is 0.258 e. The number of anilines is 1. The summed E-state index contributed by atoms with van der Waals surface area (Å²) in [4.78, 5) is 4.34. The van der Waals surface area contributed by atoms with Crippen LogP contribution in [0.2, 0.25) is 0 Å². The molecule has 3 rings (SSSR count). The van der Waals surface area contributed by atoms with Crippen LogP contribution < -0.4 is 5.32 Å². The summed E-state index contributed by atoms with van der Waals surface area (Å²) in [7, 11) is 0. The van der Waals surface area contributed by atoms with E-state index < -0.39 is 0 Å². The SMILES string of the molecule is CCOCc1noc(-c2ccc3c(c2)CCCN3)n1. The molecule has 100 valence electrons. The van der Waals surface area contributed by atoms with Crippen LogP contribution in [0.4, 0.5) is 5.69 Å². The van der Waals surface area contributed by atoms with Gasteiger partial charge in [-0.15, -0.1) is 0 Å². The molecule has 1 aromatic carbocycles. The van der Waals surface area contributed by atoms with Crippen molar-refractivity contribution in [3.8, 4) is 11.5 Å². The molecule has 1 aromatic heterocycles. The zero-order valence-electron chi connectivity index (χ0n) is 11.0. The van der Waals surface area contributed by atoms with E-state index in [1.54, 1.807) is 0 Å². The predicted octanol–water partition coefficient (Wildman–Crippen LogP) is 2.63. The molecule has 0 radical (unpaired) electrons. The van der Waals surface area contributed by atoms with Gasteiger partial charge in [0.1, 0.15) is 6.61 Å². The van der Waals surface area contributed by atoms with E-state index in [0.717, 1.165) is 24.9 Å². The van der Waals surface area contributed by atoms with Gasteiger partial charge >= 0.3 is 0 Å². The minimum absolute atomic E-state index is 0.395. The van der Waals surface area contributed by atoms with Gasteiger partial charge in [-0.2, -0.15) is 4.98 Å². The van der Waals surface area contributed by atoms with E-state index >= 15 is 0 Å². The third-order valence-electron chi connectivity index (χ3n) is 3.19. The number of hydrogen-bond donors (Lipinski definition) is 1. The van der Waals surface area contributed by atoms with Gasteiger partial charge in [0.25, 0.3) is 5.89 Å². The van der Waals surface area contributed by atoms with Crippen LogP contribution in [0.25, 0.3) is 11.5 Å². The van der Waals surface area contributed by atoms with Gasteiger partial charge in [0.05, 0.1) is 0 Å².